The summed E-state index contributed by atoms with van der Waals surface area (Å²) in [4.78, 5) is 26.9. The molecule has 23 N–H and O–H groups in total. The van der Waals surface area contributed by atoms with Gasteiger partial charge < -0.3 is 185 Å². The molecule has 39 nitrogen and oxygen atoms in total. The van der Waals surface area contributed by atoms with Gasteiger partial charge in [0.2, 0.25) is 0 Å². The van der Waals surface area contributed by atoms with Crippen LogP contribution in [-0.4, -0.2) is 344 Å². The number of aliphatic hydroxyl groups is 11. The van der Waals surface area contributed by atoms with Crippen molar-refractivity contribution in [3.05, 3.63) is 198 Å². The number of ether oxygens (including phenoxy) is 18. The summed E-state index contributed by atoms with van der Waals surface area (Å²) in [5, 5.41) is 126. The van der Waals surface area contributed by atoms with Gasteiger partial charge in [0.1, 0.15) is 135 Å². The molecule has 0 radical (unpaired) electrons. The summed E-state index contributed by atoms with van der Waals surface area (Å²) in [5.74, 6) is -2.07. The van der Waals surface area contributed by atoms with Crippen molar-refractivity contribution in [1.82, 2.24) is 10.6 Å². The van der Waals surface area contributed by atoms with Crippen LogP contribution in [-0.2, 0) is 109 Å². The van der Waals surface area contributed by atoms with E-state index in [2.05, 4.69) is 56.6 Å². The van der Waals surface area contributed by atoms with Crippen LogP contribution in [0.2, 0.25) is 18.1 Å². The number of carbonyl (C=O) groups excluding carboxylic acids is 2. The van der Waals surface area contributed by atoms with E-state index in [0.717, 1.165) is 41.5 Å². The third kappa shape index (κ3) is 28.2. The number of allylic oxidation sites excluding steroid dienone is 2. The molecule has 40 heteroatoms. The SMILES string of the molecule is C[C@H]1[C@@H](O[C@H]2[C@@H](OCC=C/C=C/c3ccccc3)[C@H](O[C@@H]3[C@@H](O)[C@H](C)C[C@H](NC(=O)OCc4ccccc4)[C@H]3O[C@H]3O[C@@H]4COC(c5ccccc5)O[C@H]4[C@H](O)[C@H]3C)O[C@@H]2CO[Si](C)(C)C(C)(C)C)O[C@@H](CNC(=O)OCc2ccccc2)[C@@H](O)[C@@H]1O.NC[C@@H]1O[C@H](O[C@H]2[C@@H](OCCCCCc3ccccc3)[C@H](O[C@@H]3[C@@H](O)[C@H](N)C[C@H](N)[C@H]3O[C@H]3O[C@H](CO)[C@@H](O)[C@H](O)[C@H]3N)O[C@@H]2CO)[C@H](N)[C@@H](O)[C@@H]1O. The molecular formula is C100H147N7O32Si. The van der Waals surface area contributed by atoms with Crippen LogP contribution in [0.25, 0.3) is 6.08 Å². The lowest BCUT2D eigenvalue weighted by Crippen LogP contribution is -2.68. The first kappa shape index (κ1) is 110. The molecule has 2 amide bonds. The molecule has 5 aromatic carbocycles. The molecule has 14 rings (SSSR count). The zero-order chi connectivity index (χ0) is 100. The highest BCUT2D eigenvalue weighted by Gasteiger charge is 2.60. The second kappa shape index (κ2) is 51.9. The molecule has 1 unspecified atom stereocenters. The number of alkyl carbamates (subject to hydrolysis) is 2. The first-order valence-electron chi connectivity index (χ1n) is 48.6. The average Bonchev–Trinajstić information content (AvgIpc) is 1.61. The normalized spacial score (nSPS) is 38.1. The van der Waals surface area contributed by atoms with Gasteiger partial charge in [0.15, 0.2) is 52.3 Å². The van der Waals surface area contributed by atoms with Crippen molar-refractivity contribution in [1.29, 1.82) is 0 Å². The van der Waals surface area contributed by atoms with Crippen molar-refractivity contribution in [3.8, 4) is 0 Å². The number of unbranched alkanes of at least 4 members (excludes halogenated alkanes) is 2. The standard InChI is InChI=1S/C66H88N2O18Si.C34H59N5O14/c1-40-34-47(68-65(74)78-37-45-29-18-11-19-30-45)55(83-61-42(3)53(71)56-49(81-61)38-76-62(84-56)46-31-21-12-22-32-46)58(51(40)69)86-63-59(75-33-23-13-20-26-43-24-14-9-15-25-43)57(50(82-63)39-79-87(7,8)66(4,5)6)85-60-41(2)52(70)54(72)48(80-60)35-67-64(73)77-36-44-27-16-10-17-28-44;35-12-18-24(43)26(45)21(38)32(48-18)52-29-20(14-41)50-34(31(29)47-10-6-2-5-9-15-7-3-1-4-8-15)53-30-23(42)16(36)11-17(37)28(30)51-33-22(39)27(46)25(44)19(13-40)49-33/h9-32,40-42,47-63,69-72H,33-39H2,1-8H3,(H,67,73)(H,68,74);1,3-4,7-8,16-34,40-46H,2,5-6,9-14,35-39H2/b23-13?,26-20+;/t40-,41-,42-,47+,48+,49-,50-,51+,52-,53-,54-,55-,56-,57-,58-,59-,60-,61-,62?,63+;16-,17+,18+,19-,20-,21-,22-,23+,24-,25-,26-,27-,28-,29-,30-,31-,32-,33-,34+/m11/s1. The lowest BCUT2D eigenvalue weighted by Gasteiger charge is -2.50. The largest absolute Gasteiger partial charge is 0.445 e. The minimum absolute atomic E-state index is 0.00682. The van der Waals surface area contributed by atoms with Crippen LogP contribution in [0.15, 0.2) is 170 Å². The Bertz CT molecular complexity index is 4560. The van der Waals surface area contributed by atoms with E-state index < -0.39 is 272 Å². The predicted octanol–water partition coefficient (Wildman–Crippen LogP) is 2.66. The van der Waals surface area contributed by atoms with Crippen molar-refractivity contribution >= 4 is 26.6 Å². The molecule has 0 spiro atoms. The highest BCUT2D eigenvalue weighted by Crippen LogP contribution is 2.45. The summed E-state index contributed by atoms with van der Waals surface area (Å²) in [6, 6.07) is 42.7. The first-order chi connectivity index (χ1) is 67.1. The van der Waals surface area contributed by atoms with Crippen LogP contribution in [0.5, 0.6) is 0 Å². The fourth-order valence-corrected chi connectivity index (χ4v) is 19.4. The minimum atomic E-state index is -2.52. The third-order valence-corrected chi connectivity index (χ3v) is 32.5. The molecule has 9 fully saturated rings. The summed E-state index contributed by atoms with van der Waals surface area (Å²) in [6.07, 6.45) is -27.6. The summed E-state index contributed by atoms with van der Waals surface area (Å²) < 4.78 is 121. The van der Waals surface area contributed by atoms with Crippen LogP contribution in [0.3, 0.4) is 0 Å². The zero-order valence-electron chi connectivity index (χ0n) is 80.5. The number of carbonyl (C=O) groups is 2. The van der Waals surface area contributed by atoms with E-state index in [0.29, 0.717) is 6.42 Å². The van der Waals surface area contributed by atoms with E-state index >= 15 is 0 Å². The number of benzene rings is 5. The molecule has 9 aliphatic rings. The molecule has 7 aliphatic heterocycles. The number of amides is 2. The van der Waals surface area contributed by atoms with Gasteiger partial charge in [-0.3, -0.25) is 0 Å². The summed E-state index contributed by atoms with van der Waals surface area (Å²) in [6.45, 7) is 14.5. The third-order valence-electron chi connectivity index (χ3n) is 28.0. The van der Waals surface area contributed by atoms with Crippen LogP contribution in [0, 0.1) is 17.8 Å². The second-order valence-corrected chi connectivity index (χ2v) is 44.0. The number of aryl methyl sites for hydroxylation is 1. The molecule has 7 heterocycles. The van der Waals surface area contributed by atoms with Gasteiger partial charge in [0.25, 0.3) is 0 Å². The van der Waals surface area contributed by atoms with E-state index in [1.165, 1.54) is 5.56 Å². The van der Waals surface area contributed by atoms with Crippen LogP contribution >= 0.6 is 0 Å². The molecule has 0 aromatic heterocycles. The van der Waals surface area contributed by atoms with Gasteiger partial charge in [-0.1, -0.05) is 224 Å². The Morgan fingerprint density at radius 1 is 0.471 bits per heavy atom. The second-order valence-electron chi connectivity index (χ2n) is 39.2. The van der Waals surface area contributed by atoms with Gasteiger partial charge in [-0.05, 0) is 78.4 Å². The molecular weight excluding hydrogens is 1840 g/mol. The number of fused-ring (bicyclic) bond motifs is 1. The average molecular weight is 1990 g/mol. The molecule has 0 bridgehead atoms. The molecule has 5 aromatic rings. The van der Waals surface area contributed by atoms with Crippen molar-refractivity contribution in [2.45, 2.75) is 332 Å². The number of nitrogens with one attached hydrogen (secondary N) is 2. The van der Waals surface area contributed by atoms with Gasteiger partial charge in [-0.15, -0.1) is 0 Å². The van der Waals surface area contributed by atoms with Crippen LogP contribution < -0.4 is 39.3 Å². The summed E-state index contributed by atoms with van der Waals surface area (Å²) in [5.41, 5.74) is 35.4. The summed E-state index contributed by atoms with van der Waals surface area (Å²) >= 11 is 0. The van der Waals surface area contributed by atoms with Gasteiger partial charge in [-0.25, -0.2) is 9.59 Å². The fourth-order valence-electron chi connectivity index (χ4n) is 18.4. The van der Waals surface area contributed by atoms with Crippen LogP contribution in [0.1, 0.15) is 108 Å². The zero-order valence-corrected chi connectivity index (χ0v) is 81.5. The van der Waals surface area contributed by atoms with Gasteiger partial charge in [0, 0.05) is 49.2 Å². The number of hydrogen-bond donors (Lipinski definition) is 18. The highest BCUT2D eigenvalue weighted by atomic mass is 28.4. The summed E-state index contributed by atoms with van der Waals surface area (Å²) in [7, 11) is -2.52. The smallest absolute Gasteiger partial charge is 0.407 e. The maximum Gasteiger partial charge on any atom is 0.407 e. The monoisotopic (exact) mass is 1990 g/mol. The number of rotatable bonds is 38. The van der Waals surface area contributed by atoms with E-state index in [1.807, 2.05) is 171 Å². The molecule has 7 saturated heterocycles. The Morgan fingerprint density at radius 3 is 1.59 bits per heavy atom. The molecule has 39 atom stereocenters. The predicted molar refractivity (Wildman–Crippen MR) is 507 cm³/mol. The molecule has 2 saturated carbocycles. The van der Waals surface area contributed by atoms with Crippen LogP contribution in [0.4, 0.5) is 9.59 Å². The fraction of sp³-hybridized carbons (Fsp3) is 0.640. The maximum atomic E-state index is 13.9. The van der Waals surface area contributed by atoms with Gasteiger partial charge in [0.05, 0.1) is 75.6 Å². The lowest BCUT2D eigenvalue weighted by molar-refractivity contribution is -0.366. The van der Waals surface area contributed by atoms with E-state index in [9.17, 15) is 65.8 Å². The van der Waals surface area contributed by atoms with E-state index in [1.54, 1.807) is 13.8 Å². The van der Waals surface area contributed by atoms with Crippen molar-refractivity contribution in [2.24, 2.45) is 46.4 Å². The topological polar surface area (TPSA) is 586 Å². The van der Waals surface area contributed by atoms with Gasteiger partial charge in [-0.2, -0.15) is 0 Å². The van der Waals surface area contributed by atoms with E-state index in [-0.39, 0.29) is 70.6 Å². The number of hydrogen-bond acceptors (Lipinski definition) is 37. The van der Waals surface area contributed by atoms with Crippen molar-refractivity contribution < 1.29 is 155 Å². The molecule has 778 valence electrons. The first-order valence-corrected chi connectivity index (χ1v) is 51.5. The number of aliphatic hydroxyl groups excluding tert-OH is 11. The Balaban J connectivity index is 0.000000266. The Kier molecular flexibility index (Phi) is 40.8. The number of nitrogens with two attached hydrogens (primary N) is 5. The lowest BCUT2D eigenvalue weighted by atomic mass is 9.80. The Hall–Kier alpha value is -6.98. The highest BCUT2D eigenvalue weighted by molar-refractivity contribution is 6.74. The molecule has 140 heavy (non-hydrogen) atoms. The Morgan fingerprint density at radius 2 is 0.971 bits per heavy atom. The minimum Gasteiger partial charge on any atom is -0.445 e. The maximum absolute atomic E-state index is 13.9. The van der Waals surface area contributed by atoms with Crippen molar-refractivity contribution in [3.63, 3.8) is 0 Å². The quantitative estimate of drug-likeness (QED) is 0.0153. The van der Waals surface area contributed by atoms with Crippen molar-refractivity contribution in [2.75, 3.05) is 52.7 Å². The Labute approximate surface area is 817 Å². The molecule has 2 aliphatic carbocycles. The van der Waals surface area contributed by atoms with Gasteiger partial charge >= 0.3 is 12.2 Å². The van der Waals surface area contributed by atoms with E-state index in [4.69, 9.17) is 118 Å².